The minimum atomic E-state index is -1.10. The number of benzene rings is 2. The molecular weight excluding hydrogens is 439 g/mol. The van der Waals surface area contributed by atoms with E-state index in [1.54, 1.807) is 24.3 Å². The van der Waals surface area contributed by atoms with E-state index in [1.165, 1.54) is 16.8 Å². The number of rotatable bonds is 4. The second-order valence-electron chi connectivity index (χ2n) is 6.27. The number of nitro groups is 1. The smallest absolute Gasteiger partial charge is 0.288 e. The number of carbonyl (C=O) groups is 1. The summed E-state index contributed by atoms with van der Waals surface area (Å²) in [6.45, 7) is 0. The second-order valence-corrected chi connectivity index (χ2v) is 8.57. The first-order valence-electron chi connectivity index (χ1n) is 8.30. The summed E-state index contributed by atoms with van der Waals surface area (Å²) in [6.07, 6.45) is 0. The van der Waals surface area contributed by atoms with Crippen molar-refractivity contribution in [2.45, 2.75) is 11.5 Å². The molecule has 1 aliphatic heterocycles. The molecular formula is C18H12Cl2N4O4S. The van der Waals surface area contributed by atoms with Crippen molar-refractivity contribution in [2.75, 3.05) is 5.32 Å². The first-order chi connectivity index (χ1) is 13.8. The van der Waals surface area contributed by atoms with Gasteiger partial charge >= 0.3 is 0 Å². The van der Waals surface area contributed by atoms with Gasteiger partial charge in [-0.05, 0) is 30.3 Å². The third-order valence-electron chi connectivity index (χ3n) is 4.36. The summed E-state index contributed by atoms with van der Waals surface area (Å²) in [6, 6.07) is 10.7. The van der Waals surface area contributed by atoms with Crippen molar-refractivity contribution in [1.29, 1.82) is 0 Å². The monoisotopic (exact) mass is 450 g/mol. The molecule has 0 spiro atoms. The Labute approximate surface area is 177 Å². The molecule has 0 unspecified atom stereocenters. The molecule has 2 aromatic carbocycles. The van der Waals surface area contributed by atoms with Gasteiger partial charge < -0.3 is 5.32 Å². The SMILES string of the molecule is O=C(Nc1c2c(nn1-c1cccc(Cl)c1)C[S@](=O)C2)c1ccc(Cl)c([N+](=O)[O-])c1. The highest BCUT2D eigenvalue weighted by atomic mass is 35.5. The lowest BCUT2D eigenvalue weighted by atomic mass is 10.2. The Morgan fingerprint density at radius 2 is 2.00 bits per heavy atom. The van der Waals surface area contributed by atoms with Gasteiger partial charge in [0.05, 0.1) is 27.8 Å². The maximum Gasteiger partial charge on any atom is 0.288 e. The number of amides is 1. The van der Waals surface area contributed by atoms with Crippen LogP contribution in [0.3, 0.4) is 0 Å². The van der Waals surface area contributed by atoms with Crippen molar-refractivity contribution >= 4 is 51.4 Å². The zero-order valence-corrected chi connectivity index (χ0v) is 16.9. The Kier molecular flexibility index (Phi) is 5.12. The molecule has 1 atom stereocenters. The topological polar surface area (TPSA) is 107 Å². The second kappa shape index (κ2) is 7.58. The summed E-state index contributed by atoms with van der Waals surface area (Å²) in [5, 5.41) is 18.8. The Balaban J connectivity index is 1.75. The van der Waals surface area contributed by atoms with Crippen LogP contribution in [0.25, 0.3) is 5.69 Å². The van der Waals surface area contributed by atoms with Crippen molar-refractivity contribution < 1.29 is 13.9 Å². The molecule has 29 heavy (non-hydrogen) atoms. The number of halogens is 2. The number of nitrogens with one attached hydrogen (secondary N) is 1. The molecule has 11 heteroatoms. The number of carbonyl (C=O) groups excluding carboxylic acids is 1. The maximum absolute atomic E-state index is 12.8. The quantitative estimate of drug-likeness (QED) is 0.475. The van der Waals surface area contributed by atoms with E-state index in [1.807, 2.05) is 0 Å². The minimum absolute atomic E-state index is 0.0628. The molecule has 0 saturated carbocycles. The average Bonchev–Trinajstić information content (AvgIpc) is 3.19. The van der Waals surface area contributed by atoms with Crippen LogP contribution in [-0.2, 0) is 22.3 Å². The number of nitro benzene ring substituents is 1. The van der Waals surface area contributed by atoms with Gasteiger partial charge in [-0.25, -0.2) is 4.68 Å². The third-order valence-corrected chi connectivity index (χ3v) is 6.12. The zero-order valence-electron chi connectivity index (χ0n) is 14.6. The van der Waals surface area contributed by atoms with Crippen LogP contribution in [0.5, 0.6) is 0 Å². The number of hydrogen-bond donors (Lipinski definition) is 1. The molecule has 0 saturated heterocycles. The van der Waals surface area contributed by atoms with Gasteiger partial charge in [0.25, 0.3) is 11.6 Å². The Hall–Kier alpha value is -2.75. The fourth-order valence-corrected chi connectivity index (χ4v) is 4.66. The van der Waals surface area contributed by atoms with Gasteiger partial charge in [0.2, 0.25) is 0 Å². The van der Waals surface area contributed by atoms with Gasteiger partial charge in [-0.2, -0.15) is 5.10 Å². The van der Waals surface area contributed by atoms with Crippen LogP contribution in [-0.4, -0.2) is 24.8 Å². The lowest BCUT2D eigenvalue weighted by Crippen LogP contribution is -2.16. The van der Waals surface area contributed by atoms with E-state index >= 15 is 0 Å². The molecule has 0 radical (unpaired) electrons. The standard InChI is InChI=1S/C18H12Cl2N4O4S/c19-11-2-1-3-12(7-11)23-17(13-8-29(28)9-15(13)22-23)21-18(25)10-4-5-14(20)16(6-10)24(26)27/h1-7H,8-9H2,(H,21,25)/t29-/m1/s1. The van der Waals surface area contributed by atoms with Crippen molar-refractivity contribution in [3.05, 3.63) is 79.4 Å². The maximum atomic E-state index is 12.8. The fourth-order valence-electron chi connectivity index (χ4n) is 3.02. The van der Waals surface area contributed by atoms with Gasteiger partial charge in [-0.3, -0.25) is 19.1 Å². The first-order valence-corrected chi connectivity index (χ1v) is 10.5. The number of aromatic nitrogens is 2. The molecule has 1 N–H and O–H groups in total. The first kappa shape index (κ1) is 19.6. The number of anilines is 1. The molecule has 0 aliphatic carbocycles. The molecule has 0 fully saturated rings. The average molecular weight is 451 g/mol. The molecule has 3 aromatic rings. The van der Waals surface area contributed by atoms with Crippen molar-refractivity contribution in [2.24, 2.45) is 0 Å². The van der Waals surface area contributed by atoms with Gasteiger partial charge in [0.1, 0.15) is 10.8 Å². The molecule has 0 bridgehead atoms. The van der Waals surface area contributed by atoms with E-state index in [0.29, 0.717) is 27.8 Å². The van der Waals surface area contributed by atoms with E-state index in [9.17, 15) is 19.1 Å². The fraction of sp³-hybridized carbons (Fsp3) is 0.111. The van der Waals surface area contributed by atoms with E-state index in [-0.39, 0.29) is 27.8 Å². The molecule has 8 nitrogen and oxygen atoms in total. The summed E-state index contributed by atoms with van der Waals surface area (Å²) in [5.41, 5.74) is 1.61. The van der Waals surface area contributed by atoms with E-state index in [4.69, 9.17) is 23.2 Å². The third kappa shape index (κ3) is 3.76. The van der Waals surface area contributed by atoms with Crippen LogP contribution >= 0.6 is 23.2 Å². The van der Waals surface area contributed by atoms with Gasteiger partial charge in [-0.15, -0.1) is 0 Å². The summed E-state index contributed by atoms with van der Waals surface area (Å²) in [4.78, 5) is 23.3. The Bertz CT molecular complexity index is 1190. The predicted octanol–water partition coefficient (Wildman–Crippen LogP) is 4.10. The lowest BCUT2D eigenvalue weighted by Gasteiger charge is -2.11. The Morgan fingerprint density at radius 3 is 2.72 bits per heavy atom. The highest BCUT2D eigenvalue weighted by molar-refractivity contribution is 7.83. The Morgan fingerprint density at radius 1 is 1.21 bits per heavy atom. The van der Waals surface area contributed by atoms with Crippen LogP contribution in [0, 0.1) is 10.1 Å². The van der Waals surface area contributed by atoms with Crippen molar-refractivity contribution in [3.8, 4) is 5.69 Å². The zero-order chi connectivity index (χ0) is 20.7. The summed E-state index contributed by atoms with van der Waals surface area (Å²) >= 11 is 11.9. The lowest BCUT2D eigenvalue weighted by molar-refractivity contribution is -0.384. The highest BCUT2D eigenvalue weighted by Crippen LogP contribution is 2.32. The van der Waals surface area contributed by atoms with Crippen LogP contribution in [0.15, 0.2) is 42.5 Å². The van der Waals surface area contributed by atoms with Crippen LogP contribution in [0.4, 0.5) is 11.5 Å². The summed E-state index contributed by atoms with van der Waals surface area (Å²) in [7, 11) is -1.10. The van der Waals surface area contributed by atoms with Crippen LogP contribution in [0.1, 0.15) is 21.6 Å². The van der Waals surface area contributed by atoms with Crippen molar-refractivity contribution in [1.82, 2.24) is 9.78 Å². The molecule has 1 amide bonds. The number of hydrogen-bond acceptors (Lipinski definition) is 5. The number of nitrogens with zero attached hydrogens (tertiary/aromatic N) is 3. The van der Waals surface area contributed by atoms with E-state index < -0.39 is 21.6 Å². The van der Waals surface area contributed by atoms with Gasteiger partial charge in [-0.1, -0.05) is 29.3 Å². The number of fused-ring (bicyclic) bond motifs is 1. The van der Waals surface area contributed by atoms with E-state index in [2.05, 4.69) is 10.4 Å². The molecule has 148 valence electrons. The van der Waals surface area contributed by atoms with Gasteiger partial charge in [0, 0.05) is 33.0 Å². The molecule has 4 rings (SSSR count). The van der Waals surface area contributed by atoms with Crippen LogP contribution < -0.4 is 5.32 Å². The molecule has 1 aromatic heterocycles. The summed E-state index contributed by atoms with van der Waals surface area (Å²) < 4.78 is 13.5. The van der Waals surface area contributed by atoms with E-state index in [0.717, 1.165) is 6.07 Å². The molecule has 2 heterocycles. The minimum Gasteiger partial charge on any atom is -0.306 e. The van der Waals surface area contributed by atoms with Crippen molar-refractivity contribution in [3.63, 3.8) is 0 Å². The van der Waals surface area contributed by atoms with Gasteiger partial charge in [0.15, 0.2) is 0 Å². The largest absolute Gasteiger partial charge is 0.306 e. The highest BCUT2D eigenvalue weighted by Gasteiger charge is 2.29. The predicted molar refractivity (Wildman–Crippen MR) is 110 cm³/mol. The molecule has 1 aliphatic rings. The van der Waals surface area contributed by atoms with Crippen LogP contribution in [0.2, 0.25) is 10.0 Å². The summed E-state index contributed by atoms with van der Waals surface area (Å²) in [5.74, 6) is 0.328. The normalized spacial score (nSPS) is 15.2.